The molecule has 3 aliphatic rings. The Balaban J connectivity index is 1.33. The average molecular weight is 498 g/mol. The third kappa shape index (κ3) is 4.10. The van der Waals surface area contributed by atoms with E-state index in [0.717, 1.165) is 48.0 Å². The van der Waals surface area contributed by atoms with Crippen LogP contribution in [-0.4, -0.2) is 58.7 Å². The minimum atomic E-state index is -0.395. The van der Waals surface area contributed by atoms with Gasteiger partial charge in [0.15, 0.2) is 0 Å². The first-order valence-electron chi connectivity index (χ1n) is 12.7. The summed E-state index contributed by atoms with van der Waals surface area (Å²) in [7, 11) is 2.16. The quantitative estimate of drug-likeness (QED) is 0.502. The minimum Gasteiger partial charge on any atom is -0.392 e. The second-order valence-electron chi connectivity index (χ2n) is 9.99. The number of nitrogens with one attached hydrogen (secondary N) is 2. The van der Waals surface area contributed by atoms with E-state index in [1.807, 2.05) is 18.2 Å². The van der Waals surface area contributed by atoms with Gasteiger partial charge in [0.2, 0.25) is 5.96 Å². The highest BCUT2D eigenvalue weighted by Crippen LogP contribution is 2.29. The molecule has 190 valence electrons. The number of fused-ring (bicyclic) bond motifs is 5. The van der Waals surface area contributed by atoms with Crippen LogP contribution in [0, 0.1) is 6.92 Å². The molecule has 0 radical (unpaired) electrons. The number of guanidine groups is 1. The first-order valence-corrected chi connectivity index (χ1v) is 12.7. The predicted octanol–water partition coefficient (Wildman–Crippen LogP) is 1.31. The zero-order valence-corrected chi connectivity index (χ0v) is 21.3. The van der Waals surface area contributed by atoms with Crippen LogP contribution < -0.4 is 31.8 Å². The lowest BCUT2D eigenvalue weighted by molar-refractivity contribution is 0.281. The third-order valence-electron chi connectivity index (χ3n) is 7.48. The molecule has 0 spiro atoms. The molecule has 3 aromatic rings. The van der Waals surface area contributed by atoms with Crippen LogP contribution in [0.25, 0.3) is 18.0 Å². The van der Waals surface area contributed by atoms with E-state index < -0.39 is 5.69 Å². The number of piperazine rings is 1. The van der Waals surface area contributed by atoms with Crippen LogP contribution in [0.2, 0.25) is 0 Å². The summed E-state index contributed by atoms with van der Waals surface area (Å²) in [6.45, 7) is 8.23. The number of para-hydroxylation sites is 1. The summed E-state index contributed by atoms with van der Waals surface area (Å²) >= 11 is 0. The molecule has 3 aliphatic heterocycles. The first kappa shape index (κ1) is 23.4. The van der Waals surface area contributed by atoms with Gasteiger partial charge in [-0.2, -0.15) is 4.98 Å². The molecular weight excluding hydrogens is 466 g/mol. The standard InChI is InChI=1S/C28H31N7O2/c1-17-14-24-22-15-29-27(30-20-7-8-23(18(2)13-20)34-11-9-33(3)10-12-34)31-26(22)32-28(37)35(24)25-19(16-36)5-4-6-21(17)25/h4-8,13-15,17,36H,9-12,16H2,1-3H3,(H2,29,30,31,32,37). The first-order chi connectivity index (χ1) is 17.9. The second-order valence-corrected chi connectivity index (χ2v) is 9.99. The molecule has 9 heteroatoms. The molecule has 2 aromatic carbocycles. The van der Waals surface area contributed by atoms with Gasteiger partial charge in [-0.1, -0.05) is 31.2 Å². The van der Waals surface area contributed by atoms with Crippen molar-refractivity contribution in [3.8, 4) is 5.69 Å². The molecule has 0 amide bonds. The molecule has 4 heterocycles. The number of anilines is 3. The van der Waals surface area contributed by atoms with Crippen LogP contribution in [0.4, 0.5) is 17.2 Å². The topological polar surface area (TPSA) is 98.0 Å². The fourth-order valence-electron chi connectivity index (χ4n) is 5.47. The Morgan fingerprint density at radius 2 is 1.97 bits per heavy atom. The van der Waals surface area contributed by atoms with Crippen LogP contribution >= 0.6 is 0 Å². The van der Waals surface area contributed by atoms with Crippen molar-refractivity contribution in [2.24, 2.45) is 4.99 Å². The fraction of sp³-hybridized carbons (Fsp3) is 0.321. The lowest BCUT2D eigenvalue weighted by Gasteiger charge is -2.35. The number of nitrogens with zero attached hydrogens (tertiary/aromatic N) is 5. The largest absolute Gasteiger partial charge is 0.392 e. The second kappa shape index (κ2) is 9.17. The van der Waals surface area contributed by atoms with E-state index >= 15 is 0 Å². The number of aliphatic imine (C=N–C) groups is 1. The van der Waals surface area contributed by atoms with Gasteiger partial charge >= 0.3 is 5.69 Å². The van der Waals surface area contributed by atoms with E-state index in [9.17, 15) is 9.90 Å². The van der Waals surface area contributed by atoms with Crippen LogP contribution in [0.1, 0.15) is 29.5 Å². The van der Waals surface area contributed by atoms with Crippen molar-refractivity contribution >= 4 is 35.4 Å². The predicted molar refractivity (Wildman–Crippen MR) is 148 cm³/mol. The van der Waals surface area contributed by atoms with Crippen LogP contribution in [-0.2, 0) is 6.61 Å². The Hall–Kier alpha value is -3.95. The van der Waals surface area contributed by atoms with Gasteiger partial charge in [-0.05, 0) is 43.3 Å². The van der Waals surface area contributed by atoms with Crippen LogP contribution in [0.3, 0.4) is 0 Å². The van der Waals surface area contributed by atoms with Crippen LogP contribution in [0.15, 0.2) is 46.2 Å². The zero-order valence-electron chi connectivity index (χ0n) is 21.3. The molecular formula is C28H31N7O2. The Labute approximate surface area is 215 Å². The number of hydrogen-bond donors (Lipinski definition) is 3. The van der Waals surface area contributed by atoms with E-state index in [-0.39, 0.29) is 12.5 Å². The highest BCUT2D eigenvalue weighted by molar-refractivity contribution is 6.05. The molecule has 1 saturated heterocycles. The molecule has 0 aliphatic carbocycles. The molecule has 37 heavy (non-hydrogen) atoms. The highest BCUT2D eigenvalue weighted by Gasteiger charge is 2.24. The number of benzene rings is 2. The van der Waals surface area contributed by atoms with E-state index in [4.69, 9.17) is 0 Å². The average Bonchev–Trinajstić information content (AvgIpc) is 2.89. The van der Waals surface area contributed by atoms with Crippen molar-refractivity contribution in [1.82, 2.24) is 14.5 Å². The number of rotatable bonds is 3. The maximum atomic E-state index is 13.2. The van der Waals surface area contributed by atoms with Crippen LogP contribution in [0.5, 0.6) is 0 Å². The number of aryl methyl sites for hydroxylation is 1. The Morgan fingerprint density at radius 1 is 1.16 bits per heavy atom. The van der Waals surface area contributed by atoms with E-state index in [2.05, 4.69) is 75.6 Å². The summed E-state index contributed by atoms with van der Waals surface area (Å²) in [5, 5.41) is 17.9. The summed E-state index contributed by atoms with van der Waals surface area (Å²) in [4.78, 5) is 27.0. The van der Waals surface area contributed by atoms with Gasteiger partial charge in [-0.25, -0.2) is 9.79 Å². The molecule has 1 atom stereocenters. The van der Waals surface area contributed by atoms with E-state index in [1.165, 1.54) is 11.3 Å². The smallest absolute Gasteiger partial charge is 0.354 e. The van der Waals surface area contributed by atoms with Crippen molar-refractivity contribution < 1.29 is 5.11 Å². The summed E-state index contributed by atoms with van der Waals surface area (Å²) in [5.41, 5.74) is 5.38. The fourth-order valence-corrected chi connectivity index (χ4v) is 5.47. The van der Waals surface area contributed by atoms with Crippen molar-refractivity contribution in [3.63, 3.8) is 0 Å². The van der Waals surface area contributed by atoms with Gasteiger partial charge < -0.3 is 25.5 Å². The van der Waals surface area contributed by atoms with Crippen molar-refractivity contribution in [3.05, 3.63) is 74.1 Å². The van der Waals surface area contributed by atoms with Gasteiger partial charge in [0, 0.05) is 55.2 Å². The minimum absolute atomic E-state index is 0.0751. The summed E-state index contributed by atoms with van der Waals surface area (Å²) in [6, 6.07) is 12.1. The maximum Gasteiger partial charge on any atom is 0.354 e. The molecule has 0 saturated carbocycles. The molecule has 1 unspecified atom stereocenters. The highest BCUT2D eigenvalue weighted by atomic mass is 16.3. The monoisotopic (exact) mass is 497 g/mol. The summed E-state index contributed by atoms with van der Waals surface area (Å²) < 4.78 is 1.59. The Morgan fingerprint density at radius 3 is 2.73 bits per heavy atom. The Bertz CT molecular complexity index is 1600. The Kier molecular flexibility index (Phi) is 5.81. The summed E-state index contributed by atoms with van der Waals surface area (Å²) in [6.07, 6.45) is 3.80. The van der Waals surface area contributed by atoms with Gasteiger partial charge in [-0.3, -0.25) is 4.57 Å². The number of aliphatic hydroxyl groups is 1. The van der Waals surface area contributed by atoms with Crippen molar-refractivity contribution in [1.29, 1.82) is 0 Å². The van der Waals surface area contributed by atoms with Crippen molar-refractivity contribution in [2.45, 2.75) is 26.4 Å². The lowest BCUT2D eigenvalue weighted by Crippen LogP contribution is -2.49. The molecule has 3 N–H and O–H groups in total. The van der Waals surface area contributed by atoms with Gasteiger partial charge in [0.1, 0.15) is 5.82 Å². The van der Waals surface area contributed by atoms with Gasteiger partial charge in [0.25, 0.3) is 0 Å². The molecule has 9 nitrogen and oxygen atoms in total. The van der Waals surface area contributed by atoms with E-state index in [0.29, 0.717) is 23.0 Å². The number of likely N-dealkylation sites (N-methyl/N-ethyl adjacent to an activating group) is 1. The van der Waals surface area contributed by atoms with Gasteiger partial charge in [0.05, 0.1) is 22.9 Å². The van der Waals surface area contributed by atoms with Crippen molar-refractivity contribution in [2.75, 3.05) is 48.8 Å². The number of aliphatic hydroxyl groups excluding tert-OH is 1. The third-order valence-corrected chi connectivity index (χ3v) is 7.48. The molecule has 6 rings (SSSR count). The normalized spacial score (nSPS) is 18.4. The number of hydrogen-bond acceptors (Lipinski definition) is 8. The lowest BCUT2D eigenvalue weighted by atomic mass is 9.93. The molecule has 1 aromatic heterocycles. The van der Waals surface area contributed by atoms with E-state index in [1.54, 1.807) is 10.8 Å². The summed E-state index contributed by atoms with van der Waals surface area (Å²) in [5.74, 6) is 1.05. The molecule has 1 fully saturated rings. The SMILES string of the molecule is Cc1cc(NC2=NC=c3c(nc(=O)n4c3=CC(C)c3cccc(CO)c3-4)N2)ccc1N1CCN(C)CC1. The van der Waals surface area contributed by atoms with Gasteiger partial charge in [-0.15, -0.1) is 0 Å². The zero-order chi connectivity index (χ0) is 25.7. The maximum absolute atomic E-state index is 13.2. The molecule has 0 bridgehead atoms. The number of aromatic nitrogens is 2.